The molecule has 0 unspecified atom stereocenters. The Kier molecular flexibility index (Phi) is 2.81. The standard InChI is InChI=1S/C9H10N2O/c1-2-7-3-4-11-9(5-7)8(10)6-12/h1,3-5,8,12H,6,10H2/t8-/m1/s1. The maximum atomic E-state index is 8.74. The predicted molar refractivity (Wildman–Crippen MR) is 46.2 cm³/mol. The third-order valence-corrected chi connectivity index (χ3v) is 1.52. The number of hydrogen-bond acceptors (Lipinski definition) is 3. The van der Waals surface area contributed by atoms with Crippen molar-refractivity contribution >= 4 is 0 Å². The fourth-order valence-corrected chi connectivity index (χ4v) is 0.834. The first-order valence-corrected chi connectivity index (χ1v) is 3.57. The van der Waals surface area contributed by atoms with Crippen LogP contribution in [-0.4, -0.2) is 16.7 Å². The summed E-state index contributed by atoms with van der Waals surface area (Å²) in [5, 5.41) is 8.74. The van der Waals surface area contributed by atoms with Crippen LogP contribution in [0.15, 0.2) is 18.3 Å². The van der Waals surface area contributed by atoms with Crippen LogP contribution in [-0.2, 0) is 0 Å². The molecular formula is C9H10N2O. The highest BCUT2D eigenvalue weighted by Crippen LogP contribution is 2.07. The molecule has 3 nitrogen and oxygen atoms in total. The SMILES string of the molecule is C#Cc1ccnc([C@H](N)CO)c1. The number of aliphatic hydroxyl groups excluding tert-OH is 1. The second-order valence-electron chi connectivity index (χ2n) is 2.40. The number of pyridine rings is 1. The van der Waals surface area contributed by atoms with Gasteiger partial charge in [0.25, 0.3) is 0 Å². The van der Waals surface area contributed by atoms with Crippen LogP contribution in [0.2, 0.25) is 0 Å². The molecule has 0 spiro atoms. The highest BCUT2D eigenvalue weighted by atomic mass is 16.3. The van der Waals surface area contributed by atoms with Crippen LogP contribution in [0, 0.1) is 12.3 Å². The van der Waals surface area contributed by atoms with E-state index >= 15 is 0 Å². The van der Waals surface area contributed by atoms with E-state index in [0.29, 0.717) is 5.69 Å². The molecule has 12 heavy (non-hydrogen) atoms. The molecule has 1 aromatic rings. The van der Waals surface area contributed by atoms with Crippen LogP contribution in [0.1, 0.15) is 17.3 Å². The number of hydrogen-bond donors (Lipinski definition) is 2. The normalized spacial score (nSPS) is 12.1. The molecule has 0 radical (unpaired) electrons. The zero-order valence-corrected chi connectivity index (χ0v) is 6.57. The lowest BCUT2D eigenvalue weighted by molar-refractivity contribution is 0.266. The second kappa shape index (κ2) is 3.86. The minimum atomic E-state index is -0.446. The zero-order valence-electron chi connectivity index (χ0n) is 6.57. The summed E-state index contributed by atoms with van der Waals surface area (Å²) in [4.78, 5) is 3.98. The van der Waals surface area contributed by atoms with Gasteiger partial charge in [0.15, 0.2) is 0 Å². The van der Waals surface area contributed by atoms with E-state index < -0.39 is 6.04 Å². The molecule has 0 amide bonds. The van der Waals surface area contributed by atoms with Crippen molar-refractivity contribution in [2.75, 3.05) is 6.61 Å². The molecule has 62 valence electrons. The van der Waals surface area contributed by atoms with E-state index in [2.05, 4.69) is 10.9 Å². The van der Waals surface area contributed by atoms with E-state index in [1.807, 2.05) is 0 Å². The average Bonchev–Trinajstić information content (AvgIpc) is 2.17. The molecule has 0 fully saturated rings. The van der Waals surface area contributed by atoms with Crippen molar-refractivity contribution in [2.24, 2.45) is 5.73 Å². The molecule has 1 aromatic heterocycles. The number of aliphatic hydroxyl groups is 1. The second-order valence-corrected chi connectivity index (χ2v) is 2.40. The fourth-order valence-electron chi connectivity index (χ4n) is 0.834. The monoisotopic (exact) mass is 162 g/mol. The number of nitrogens with two attached hydrogens (primary N) is 1. The topological polar surface area (TPSA) is 59.1 Å². The summed E-state index contributed by atoms with van der Waals surface area (Å²) < 4.78 is 0. The lowest BCUT2D eigenvalue weighted by Crippen LogP contribution is -2.15. The van der Waals surface area contributed by atoms with E-state index in [1.165, 1.54) is 0 Å². The summed E-state index contributed by atoms with van der Waals surface area (Å²) in [6.07, 6.45) is 6.76. The first-order chi connectivity index (χ1) is 5.77. The van der Waals surface area contributed by atoms with Crippen LogP contribution in [0.25, 0.3) is 0 Å². The Morgan fingerprint density at radius 2 is 2.50 bits per heavy atom. The molecule has 3 heteroatoms. The molecule has 0 aliphatic carbocycles. The molecule has 0 aromatic carbocycles. The smallest absolute Gasteiger partial charge is 0.0705 e. The quantitative estimate of drug-likeness (QED) is 0.604. The average molecular weight is 162 g/mol. The molecule has 0 bridgehead atoms. The molecule has 0 saturated heterocycles. The lowest BCUT2D eigenvalue weighted by Gasteiger charge is -2.06. The summed E-state index contributed by atoms with van der Waals surface area (Å²) in [5.41, 5.74) is 6.88. The summed E-state index contributed by atoms with van der Waals surface area (Å²) in [6.45, 7) is -0.124. The predicted octanol–water partition coefficient (Wildman–Crippen LogP) is 0.0550. The summed E-state index contributed by atoms with van der Waals surface area (Å²) in [5.74, 6) is 2.47. The number of terminal acetylenes is 1. The fraction of sp³-hybridized carbons (Fsp3) is 0.222. The lowest BCUT2D eigenvalue weighted by atomic mass is 10.1. The maximum Gasteiger partial charge on any atom is 0.0705 e. The van der Waals surface area contributed by atoms with Crippen molar-refractivity contribution in [1.82, 2.24) is 4.98 Å². The van der Waals surface area contributed by atoms with Gasteiger partial charge in [-0.05, 0) is 12.1 Å². The van der Waals surface area contributed by atoms with Crippen molar-refractivity contribution < 1.29 is 5.11 Å². The first kappa shape index (κ1) is 8.72. The van der Waals surface area contributed by atoms with Gasteiger partial charge in [0, 0.05) is 11.8 Å². The Balaban J connectivity index is 2.95. The van der Waals surface area contributed by atoms with E-state index in [1.54, 1.807) is 18.3 Å². The highest BCUT2D eigenvalue weighted by Gasteiger charge is 2.04. The van der Waals surface area contributed by atoms with E-state index in [0.717, 1.165) is 5.56 Å². The minimum absolute atomic E-state index is 0.124. The third kappa shape index (κ3) is 1.82. The third-order valence-electron chi connectivity index (χ3n) is 1.52. The number of rotatable bonds is 2. The zero-order chi connectivity index (χ0) is 8.97. The van der Waals surface area contributed by atoms with Crippen LogP contribution < -0.4 is 5.73 Å². The Morgan fingerprint density at radius 1 is 1.75 bits per heavy atom. The van der Waals surface area contributed by atoms with Crippen molar-refractivity contribution in [3.05, 3.63) is 29.6 Å². The molecule has 1 heterocycles. The van der Waals surface area contributed by atoms with Crippen LogP contribution >= 0.6 is 0 Å². The Bertz CT molecular complexity index is 304. The summed E-state index contributed by atoms with van der Waals surface area (Å²) in [7, 11) is 0. The molecule has 3 N–H and O–H groups in total. The van der Waals surface area contributed by atoms with Crippen LogP contribution in [0.5, 0.6) is 0 Å². The van der Waals surface area contributed by atoms with Crippen LogP contribution in [0.4, 0.5) is 0 Å². The van der Waals surface area contributed by atoms with Gasteiger partial charge < -0.3 is 10.8 Å². The van der Waals surface area contributed by atoms with Crippen molar-refractivity contribution in [3.8, 4) is 12.3 Å². The van der Waals surface area contributed by atoms with Crippen molar-refractivity contribution in [3.63, 3.8) is 0 Å². The molecule has 0 aliphatic rings. The van der Waals surface area contributed by atoms with Gasteiger partial charge in [0.05, 0.1) is 18.3 Å². The van der Waals surface area contributed by atoms with E-state index in [-0.39, 0.29) is 6.61 Å². The van der Waals surface area contributed by atoms with Crippen molar-refractivity contribution in [1.29, 1.82) is 0 Å². The van der Waals surface area contributed by atoms with E-state index in [9.17, 15) is 0 Å². The van der Waals surface area contributed by atoms with Gasteiger partial charge in [0.1, 0.15) is 0 Å². The van der Waals surface area contributed by atoms with Gasteiger partial charge in [-0.15, -0.1) is 6.42 Å². The van der Waals surface area contributed by atoms with Gasteiger partial charge >= 0.3 is 0 Å². The molecule has 0 aliphatic heterocycles. The van der Waals surface area contributed by atoms with Gasteiger partial charge in [-0.1, -0.05) is 5.92 Å². The summed E-state index contributed by atoms with van der Waals surface area (Å²) >= 11 is 0. The number of nitrogens with zero attached hydrogens (tertiary/aromatic N) is 1. The molecule has 1 rings (SSSR count). The van der Waals surface area contributed by atoms with Gasteiger partial charge in [-0.25, -0.2) is 0 Å². The first-order valence-electron chi connectivity index (χ1n) is 3.57. The molecule has 1 atom stereocenters. The largest absolute Gasteiger partial charge is 0.394 e. The highest BCUT2D eigenvalue weighted by molar-refractivity contribution is 5.32. The van der Waals surface area contributed by atoms with Crippen LogP contribution in [0.3, 0.4) is 0 Å². The Morgan fingerprint density at radius 3 is 3.08 bits per heavy atom. The molecular weight excluding hydrogens is 152 g/mol. The molecule has 0 saturated carbocycles. The minimum Gasteiger partial charge on any atom is -0.394 e. The number of aromatic nitrogens is 1. The van der Waals surface area contributed by atoms with E-state index in [4.69, 9.17) is 17.3 Å². The van der Waals surface area contributed by atoms with Gasteiger partial charge in [0.2, 0.25) is 0 Å². The Labute approximate surface area is 71.2 Å². The maximum absolute atomic E-state index is 8.74. The summed E-state index contributed by atoms with van der Waals surface area (Å²) in [6, 6.07) is 2.97. The van der Waals surface area contributed by atoms with Crippen molar-refractivity contribution in [2.45, 2.75) is 6.04 Å². The Hall–Kier alpha value is -1.37. The van der Waals surface area contributed by atoms with Gasteiger partial charge in [-0.3, -0.25) is 4.98 Å². The van der Waals surface area contributed by atoms with Gasteiger partial charge in [-0.2, -0.15) is 0 Å².